The van der Waals surface area contributed by atoms with Crippen LogP contribution in [0.1, 0.15) is 23.9 Å². The second kappa shape index (κ2) is 5.64. The van der Waals surface area contributed by atoms with Crippen molar-refractivity contribution >= 4 is 8.07 Å². The fourth-order valence-electron chi connectivity index (χ4n) is 2.06. The molecule has 1 aromatic rings. The van der Waals surface area contributed by atoms with Crippen molar-refractivity contribution in [2.45, 2.75) is 44.1 Å². The van der Waals surface area contributed by atoms with Gasteiger partial charge >= 0.3 is 0 Å². The molecule has 2 unspecified atom stereocenters. The third-order valence-corrected chi connectivity index (χ3v) is 5.75. The predicted molar refractivity (Wildman–Crippen MR) is 73.1 cm³/mol. The van der Waals surface area contributed by atoms with Gasteiger partial charge in [-0.05, 0) is 23.9 Å². The van der Waals surface area contributed by atoms with E-state index in [2.05, 4.69) is 50.8 Å². The van der Waals surface area contributed by atoms with Gasteiger partial charge < -0.3 is 5.11 Å². The number of hydrogen-bond acceptors (Lipinski definition) is 1. The zero-order chi connectivity index (χ0) is 12.2. The molecule has 2 atom stereocenters. The Hall–Kier alpha value is -0.603. The first-order valence-corrected chi connectivity index (χ1v) is 9.55. The summed E-state index contributed by atoms with van der Waals surface area (Å²) in [6.07, 6.45) is 1.19. The molecule has 0 fully saturated rings. The maximum Gasteiger partial charge on any atom is 0.0543 e. The molecule has 1 N–H and O–H groups in total. The summed E-state index contributed by atoms with van der Waals surface area (Å²) in [4.78, 5) is 0. The van der Waals surface area contributed by atoms with Crippen molar-refractivity contribution in [1.29, 1.82) is 0 Å². The van der Waals surface area contributed by atoms with Gasteiger partial charge in [-0.25, -0.2) is 0 Å². The van der Waals surface area contributed by atoms with E-state index in [-0.39, 0.29) is 6.10 Å². The molecule has 0 aromatic heterocycles. The van der Waals surface area contributed by atoms with Gasteiger partial charge in [0.25, 0.3) is 0 Å². The lowest BCUT2D eigenvalue weighted by molar-refractivity contribution is 0.164. The first-order chi connectivity index (χ1) is 7.45. The van der Waals surface area contributed by atoms with Gasteiger partial charge in [0.2, 0.25) is 0 Å². The Bertz CT molecular complexity index is 302. The second-order valence-corrected chi connectivity index (χ2v) is 10.9. The van der Waals surface area contributed by atoms with E-state index in [4.69, 9.17) is 0 Å². The van der Waals surface area contributed by atoms with Crippen molar-refractivity contribution in [1.82, 2.24) is 0 Å². The Labute approximate surface area is 101 Å². The van der Waals surface area contributed by atoms with E-state index >= 15 is 0 Å². The molecule has 0 heterocycles. The first-order valence-electron chi connectivity index (χ1n) is 5.97. The van der Waals surface area contributed by atoms with E-state index < -0.39 is 8.07 Å². The van der Waals surface area contributed by atoms with E-state index in [9.17, 15) is 5.11 Å². The van der Waals surface area contributed by atoms with E-state index in [1.807, 2.05) is 6.07 Å². The lowest BCUT2D eigenvalue weighted by Gasteiger charge is -2.31. The predicted octanol–water partition coefficient (Wildman–Crippen LogP) is 3.62. The summed E-state index contributed by atoms with van der Waals surface area (Å²) < 4.78 is 0. The van der Waals surface area contributed by atoms with Crippen LogP contribution in [-0.2, 0) is 0 Å². The van der Waals surface area contributed by atoms with Crippen molar-refractivity contribution in [2.24, 2.45) is 0 Å². The van der Waals surface area contributed by atoms with Crippen LogP contribution in [0, 0.1) is 6.92 Å². The molecule has 0 aliphatic heterocycles. The molecule has 1 nitrogen and oxygen atoms in total. The maximum atomic E-state index is 9.81. The number of aliphatic hydroxyl groups excluding tert-OH is 1. The molecule has 0 bridgehead atoms. The summed E-state index contributed by atoms with van der Waals surface area (Å²) >= 11 is 0. The molecule has 0 saturated carbocycles. The van der Waals surface area contributed by atoms with Crippen LogP contribution in [0.2, 0.25) is 19.6 Å². The SMILES string of the molecule is [CH2]CC(O)CC(c1ccccc1)[Si](C)(C)C. The van der Waals surface area contributed by atoms with Gasteiger partial charge in [0.05, 0.1) is 14.2 Å². The third kappa shape index (κ3) is 3.76. The second-order valence-electron chi connectivity index (χ2n) is 5.51. The van der Waals surface area contributed by atoms with Gasteiger partial charge in [-0.3, -0.25) is 0 Å². The van der Waals surface area contributed by atoms with Crippen LogP contribution in [0.15, 0.2) is 30.3 Å². The standard InChI is InChI=1S/C14H23OSi/c1-5-13(15)11-14(16(2,3)4)12-9-7-6-8-10-12/h6-10,13-15H,1,5,11H2,2-4H3. The van der Waals surface area contributed by atoms with Crippen LogP contribution >= 0.6 is 0 Å². The molecule has 1 radical (unpaired) electrons. The summed E-state index contributed by atoms with van der Waals surface area (Å²) in [5.41, 5.74) is 1.89. The normalized spacial score (nSPS) is 15.8. The Morgan fingerprint density at radius 1 is 1.19 bits per heavy atom. The zero-order valence-corrected chi connectivity index (χ0v) is 11.6. The molecule has 89 valence electrons. The molecule has 0 aliphatic rings. The van der Waals surface area contributed by atoms with Gasteiger partial charge in [-0.15, -0.1) is 0 Å². The number of rotatable bonds is 5. The monoisotopic (exact) mass is 235 g/mol. The van der Waals surface area contributed by atoms with Crippen LogP contribution in [0.4, 0.5) is 0 Å². The van der Waals surface area contributed by atoms with Gasteiger partial charge in [-0.2, -0.15) is 0 Å². The molecule has 0 amide bonds. The van der Waals surface area contributed by atoms with E-state index in [1.165, 1.54) is 5.56 Å². The highest BCUT2D eigenvalue weighted by molar-refractivity contribution is 6.77. The van der Waals surface area contributed by atoms with Gasteiger partial charge in [0.15, 0.2) is 0 Å². The average Bonchev–Trinajstić information content (AvgIpc) is 2.25. The quantitative estimate of drug-likeness (QED) is 0.773. The van der Waals surface area contributed by atoms with Crippen molar-refractivity contribution in [3.63, 3.8) is 0 Å². The third-order valence-electron chi connectivity index (χ3n) is 3.09. The highest BCUT2D eigenvalue weighted by Gasteiger charge is 2.29. The van der Waals surface area contributed by atoms with E-state index in [0.717, 1.165) is 6.42 Å². The van der Waals surface area contributed by atoms with Gasteiger partial charge in [-0.1, -0.05) is 56.9 Å². The first kappa shape index (κ1) is 13.5. The molecule has 0 spiro atoms. The largest absolute Gasteiger partial charge is 0.393 e. The maximum absolute atomic E-state index is 9.81. The summed E-state index contributed by atoms with van der Waals surface area (Å²) in [7, 11) is -1.29. The Kier molecular flexibility index (Phi) is 4.75. The van der Waals surface area contributed by atoms with Crippen molar-refractivity contribution in [2.75, 3.05) is 0 Å². The molecule has 0 saturated heterocycles. The minimum absolute atomic E-state index is 0.267. The highest BCUT2D eigenvalue weighted by atomic mass is 28.3. The Balaban J connectivity index is 2.89. The minimum atomic E-state index is -1.29. The smallest absolute Gasteiger partial charge is 0.0543 e. The molecule has 16 heavy (non-hydrogen) atoms. The molecule has 1 rings (SSSR count). The summed E-state index contributed by atoms with van der Waals surface area (Å²) in [6.45, 7) is 10.9. The summed E-state index contributed by atoms with van der Waals surface area (Å²) in [6, 6.07) is 10.6. The van der Waals surface area contributed by atoms with Crippen molar-refractivity contribution < 1.29 is 5.11 Å². The number of aliphatic hydroxyl groups is 1. The fourth-order valence-corrected chi connectivity index (χ4v) is 4.24. The Morgan fingerprint density at radius 2 is 1.75 bits per heavy atom. The Morgan fingerprint density at radius 3 is 2.19 bits per heavy atom. The van der Waals surface area contributed by atoms with Crippen LogP contribution in [0.5, 0.6) is 0 Å². The molecular weight excluding hydrogens is 212 g/mol. The van der Waals surface area contributed by atoms with Gasteiger partial charge in [0, 0.05) is 0 Å². The number of hydrogen-bond donors (Lipinski definition) is 1. The van der Waals surface area contributed by atoms with E-state index in [0.29, 0.717) is 12.0 Å². The zero-order valence-electron chi connectivity index (χ0n) is 10.6. The molecule has 0 aliphatic carbocycles. The minimum Gasteiger partial charge on any atom is -0.393 e. The van der Waals surface area contributed by atoms with Crippen LogP contribution in [0.25, 0.3) is 0 Å². The van der Waals surface area contributed by atoms with Crippen molar-refractivity contribution in [3.05, 3.63) is 42.8 Å². The average molecular weight is 235 g/mol. The fraction of sp³-hybridized carbons (Fsp3) is 0.500. The lowest BCUT2D eigenvalue weighted by Crippen LogP contribution is -2.33. The van der Waals surface area contributed by atoms with Crippen LogP contribution in [0.3, 0.4) is 0 Å². The number of benzene rings is 1. The topological polar surface area (TPSA) is 20.2 Å². The summed E-state index contributed by atoms with van der Waals surface area (Å²) in [5, 5.41) is 9.81. The highest BCUT2D eigenvalue weighted by Crippen LogP contribution is 2.31. The molecular formula is C14H23OSi. The van der Waals surface area contributed by atoms with Crippen LogP contribution < -0.4 is 0 Å². The lowest BCUT2D eigenvalue weighted by atomic mass is 10.0. The summed E-state index contributed by atoms with van der Waals surface area (Å²) in [5.74, 6) is 0. The van der Waals surface area contributed by atoms with Gasteiger partial charge in [0.1, 0.15) is 0 Å². The van der Waals surface area contributed by atoms with E-state index in [1.54, 1.807) is 0 Å². The van der Waals surface area contributed by atoms with Crippen LogP contribution in [-0.4, -0.2) is 19.3 Å². The molecule has 2 heteroatoms. The molecule has 1 aromatic carbocycles. The van der Waals surface area contributed by atoms with Crippen molar-refractivity contribution in [3.8, 4) is 0 Å².